The second kappa shape index (κ2) is 13.6. The molecule has 0 amide bonds. The Morgan fingerprint density at radius 3 is 1.51 bits per heavy atom. The number of aromatic amines is 2. The van der Waals surface area contributed by atoms with E-state index in [2.05, 4.69) is 30.4 Å². The van der Waals surface area contributed by atoms with Crippen molar-refractivity contribution in [3.8, 4) is 0 Å². The van der Waals surface area contributed by atoms with Gasteiger partial charge in [-0.25, -0.2) is 27.3 Å². The number of nitrogens with zero attached hydrogens (tertiary/aromatic N) is 2. The van der Waals surface area contributed by atoms with Crippen LogP contribution in [0.3, 0.4) is 0 Å². The number of aromatic nitrogens is 4. The zero-order valence-electron chi connectivity index (χ0n) is 23.2. The van der Waals surface area contributed by atoms with Crippen molar-refractivity contribution >= 4 is 34.2 Å². The summed E-state index contributed by atoms with van der Waals surface area (Å²) in [6.07, 6.45) is -5.39. The number of phosphoric acid groups is 2. The summed E-state index contributed by atoms with van der Waals surface area (Å²) in [7, 11) is -10.7. The number of hydrogen-bond acceptors (Lipinski definition) is 15. The van der Waals surface area contributed by atoms with Gasteiger partial charge in [0.25, 0.3) is 11.1 Å². The fourth-order valence-corrected chi connectivity index (χ4v) is 9.37. The summed E-state index contributed by atoms with van der Waals surface area (Å²) < 4.78 is 55.9. The molecule has 45 heavy (non-hydrogen) atoms. The lowest BCUT2D eigenvalue weighted by Gasteiger charge is -2.23. The molecule has 4 heterocycles. The first kappa shape index (κ1) is 35.9. The van der Waals surface area contributed by atoms with E-state index in [0.717, 1.165) is 9.13 Å². The minimum atomic E-state index is -5.35. The van der Waals surface area contributed by atoms with Crippen LogP contribution in [-0.2, 0) is 48.1 Å². The van der Waals surface area contributed by atoms with Crippen LogP contribution in [0.5, 0.6) is 0 Å². The maximum atomic E-state index is 12.4. The van der Waals surface area contributed by atoms with Crippen LogP contribution >= 0.6 is 22.4 Å². The summed E-state index contributed by atoms with van der Waals surface area (Å²) in [5.74, 6) is 0. The quantitative estimate of drug-likeness (QED) is 0.122. The van der Waals surface area contributed by atoms with E-state index >= 15 is 0 Å². The van der Waals surface area contributed by atoms with Crippen molar-refractivity contribution in [3.63, 3.8) is 0 Å². The van der Waals surface area contributed by atoms with Crippen molar-refractivity contribution in [2.75, 3.05) is 13.2 Å². The van der Waals surface area contributed by atoms with Crippen molar-refractivity contribution in [2.45, 2.75) is 63.6 Å². The lowest BCUT2D eigenvalue weighted by Crippen LogP contribution is -2.33. The lowest BCUT2D eigenvalue weighted by molar-refractivity contribution is -0.0457. The van der Waals surface area contributed by atoms with Crippen molar-refractivity contribution < 1.29 is 61.2 Å². The number of ether oxygens (including phenoxy) is 2. The maximum Gasteiger partial charge on any atom is 0.479 e. The van der Waals surface area contributed by atoms with E-state index in [9.17, 15) is 53.2 Å². The van der Waals surface area contributed by atoms with Gasteiger partial charge in [0, 0.05) is 36.4 Å². The SMILES string of the molecule is Cc1cn([C@H]2C[C@H](O)[C@@H](COP(=O)(O)OP(O)(=S)OP(=O)(O)OC[C@H]3O[C@@H](n4cc(C)c(=O)[nH]c4=O)C[C@@H]3O)O2)c(=O)[nH]c1=O. The molecule has 25 heteroatoms. The molecule has 252 valence electrons. The molecule has 21 nitrogen and oxygen atoms in total. The number of hydrogen-bond donors (Lipinski definition) is 7. The van der Waals surface area contributed by atoms with Gasteiger partial charge >= 0.3 is 33.7 Å². The van der Waals surface area contributed by atoms with Gasteiger partial charge in [0.15, 0.2) is 0 Å². The zero-order valence-corrected chi connectivity index (χ0v) is 26.7. The van der Waals surface area contributed by atoms with E-state index in [0.29, 0.717) is 0 Å². The Hall–Kier alpha value is -1.97. The molecule has 2 aromatic rings. The topological polar surface area (TPSA) is 300 Å². The van der Waals surface area contributed by atoms with Crippen LogP contribution in [0.15, 0.2) is 31.6 Å². The largest absolute Gasteiger partial charge is 0.479 e. The van der Waals surface area contributed by atoms with Crippen molar-refractivity contribution in [3.05, 3.63) is 65.2 Å². The zero-order chi connectivity index (χ0) is 33.5. The summed E-state index contributed by atoms with van der Waals surface area (Å²) in [6.45, 7) is -3.88. The van der Waals surface area contributed by atoms with E-state index in [1.807, 2.05) is 0 Å². The highest BCUT2D eigenvalue weighted by Crippen LogP contribution is 2.68. The Balaban J connectivity index is 1.29. The molecule has 0 radical (unpaired) electrons. The van der Waals surface area contributed by atoms with Crippen molar-refractivity contribution in [2.24, 2.45) is 0 Å². The van der Waals surface area contributed by atoms with Crippen LogP contribution < -0.4 is 22.5 Å². The fraction of sp³-hybridized carbons (Fsp3) is 0.600. The number of aliphatic hydroxyl groups is 2. The van der Waals surface area contributed by atoms with Gasteiger partial charge < -0.3 is 34.4 Å². The Morgan fingerprint density at radius 2 is 1.16 bits per heavy atom. The molecule has 0 aromatic carbocycles. The first-order valence-electron chi connectivity index (χ1n) is 12.8. The molecular formula is C20H29N4O17P3S. The van der Waals surface area contributed by atoms with Crippen LogP contribution in [0.2, 0.25) is 0 Å². The molecule has 2 aliphatic rings. The minimum Gasteiger partial charge on any atom is -0.390 e. The van der Waals surface area contributed by atoms with E-state index in [-0.39, 0.29) is 24.0 Å². The number of phosphoric ester groups is 2. The van der Waals surface area contributed by atoms with Crippen LogP contribution in [0.1, 0.15) is 36.4 Å². The van der Waals surface area contributed by atoms with E-state index in [1.54, 1.807) is 0 Å². The second-order valence-electron chi connectivity index (χ2n) is 9.98. The maximum absolute atomic E-state index is 12.4. The first-order chi connectivity index (χ1) is 20.8. The van der Waals surface area contributed by atoms with Crippen LogP contribution in [-0.4, -0.2) is 81.6 Å². The number of rotatable bonds is 12. The normalized spacial score (nSPS) is 29.2. The van der Waals surface area contributed by atoms with Gasteiger partial charge in [0.2, 0.25) is 0 Å². The van der Waals surface area contributed by atoms with E-state index in [1.165, 1.54) is 26.2 Å². The predicted octanol–water partition coefficient (Wildman–Crippen LogP) is -1.52. The van der Waals surface area contributed by atoms with Gasteiger partial charge in [-0.05, 0) is 25.7 Å². The molecule has 0 saturated carbocycles. The third-order valence-corrected chi connectivity index (χ3v) is 12.0. The van der Waals surface area contributed by atoms with Crippen LogP contribution in [0, 0.1) is 13.8 Å². The molecule has 2 aliphatic heterocycles. The predicted molar refractivity (Wildman–Crippen MR) is 151 cm³/mol. The van der Waals surface area contributed by atoms with Gasteiger partial charge in [-0.2, -0.15) is 0 Å². The van der Waals surface area contributed by atoms with Gasteiger partial charge in [0.1, 0.15) is 24.7 Å². The number of H-pyrrole nitrogens is 2. The lowest BCUT2D eigenvalue weighted by atomic mass is 10.2. The summed E-state index contributed by atoms with van der Waals surface area (Å²) in [4.78, 5) is 81.7. The second-order valence-corrected chi connectivity index (χ2v) is 16.0. The van der Waals surface area contributed by atoms with Gasteiger partial charge in [-0.15, -0.1) is 0 Å². The van der Waals surface area contributed by atoms with E-state index < -0.39 is 94.9 Å². The van der Waals surface area contributed by atoms with Gasteiger partial charge in [-0.1, -0.05) is 0 Å². The Kier molecular flexibility index (Phi) is 10.9. The summed E-state index contributed by atoms with van der Waals surface area (Å²) in [5, 5.41) is 20.5. The van der Waals surface area contributed by atoms with Crippen molar-refractivity contribution in [1.82, 2.24) is 19.1 Å². The minimum absolute atomic E-state index is 0.174. The molecular weight excluding hydrogens is 693 g/mol. The number of aliphatic hydroxyl groups excluding tert-OH is 2. The average molecular weight is 722 g/mol. The first-order valence-corrected chi connectivity index (χ1v) is 18.4. The Morgan fingerprint density at radius 1 is 0.800 bits per heavy atom. The molecule has 2 fully saturated rings. The highest BCUT2D eigenvalue weighted by molar-refractivity contribution is 8.09. The fourth-order valence-electron chi connectivity index (χ4n) is 4.33. The highest BCUT2D eigenvalue weighted by Gasteiger charge is 2.43. The van der Waals surface area contributed by atoms with Crippen molar-refractivity contribution in [1.29, 1.82) is 0 Å². The Bertz CT molecular complexity index is 1680. The molecule has 2 saturated heterocycles. The summed E-state index contributed by atoms with van der Waals surface area (Å²) >= 11 is 4.53. The molecule has 4 rings (SSSR count). The molecule has 2 aromatic heterocycles. The van der Waals surface area contributed by atoms with Gasteiger partial charge in [-0.3, -0.25) is 37.7 Å². The van der Waals surface area contributed by atoms with Gasteiger partial charge in [0.05, 0.1) is 25.4 Å². The smallest absolute Gasteiger partial charge is 0.390 e. The third kappa shape index (κ3) is 9.10. The molecule has 8 atom stereocenters. The highest BCUT2D eigenvalue weighted by atomic mass is 32.5. The molecule has 0 spiro atoms. The van der Waals surface area contributed by atoms with E-state index in [4.69, 9.17) is 18.5 Å². The summed E-state index contributed by atoms with van der Waals surface area (Å²) in [5.41, 5.74) is -2.56. The number of nitrogens with one attached hydrogen (secondary N) is 2. The molecule has 0 bridgehead atoms. The average Bonchev–Trinajstić information content (AvgIpc) is 3.46. The third-order valence-electron chi connectivity index (χ3n) is 6.54. The van der Waals surface area contributed by atoms with Crippen LogP contribution in [0.4, 0.5) is 0 Å². The molecule has 2 unspecified atom stereocenters. The number of aryl methyl sites for hydroxylation is 2. The molecule has 7 N–H and O–H groups in total. The summed E-state index contributed by atoms with van der Waals surface area (Å²) in [6, 6.07) is 0. The molecule has 0 aliphatic carbocycles. The standard InChI is InChI=1S/C20H29N4O17P3S/c1-9-5-23(19(29)21-17(9)27)15-3-11(25)13(38-15)7-36-42(31,32)40-44(35,45)41-43(33,34)37-8-14-12(26)4-16(39-14)24-6-10(2)18(28)22-20(24)30/h5-6,11-16,25-26H,3-4,7-8H2,1-2H3,(H,31,32)(H,33,34)(H,35,45)(H,21,27,29)(H,22,28,30)/t11-,12-,13+,14+,15+,16+/m0/s1. The monoisotopic (exact) mass is 722 g/mol. The van der Waals surface area contributed by atoms with Crippen LogP contribution in [0.25, 0.3) is 0 Å². The Labute approximate surface area is 256 Å².